The maximum Gasteiger partial charge on any atom is 0.0639 e. The van der Waals surface area contributed by atoms with Gasteiger partial charge in [0.2, 0.25) is 0 Å². The first-order chi connectivity index (χ1) is 7.46. The van der Waals surface area contributed by atoms with Crippen molar-refractivity contribution in [2.75, 3.05) is 6.61 Å². The Morgan fingerprint density at radius 1 is 1.38 bits per heavy atom. The zero-order valence-corrected chi connectivity index (χ0v) is 11.2. The quantitative estimate of drug-likeness (QED) is 0.723. The first-order valence-corrected chi connectivity index (χ1v) is 6.73. The third kappa shape index (κ3) is 1.84. The van der Waals surface area contributed by atoms with Crippen LogP contribution in [0.3, 0.4) is 0 Å². The minimum absolute atomic E-state index is 0.222. The molecule has 0 heterocycles. The summed E-state index contributed by atoms with van der Waals surface area (Å²) in [6.45, 7) is 9.59. The molecule has 1 heteroatoms. The Kier molecular flexibility index (Phi) is 3.18. The Bertz CT molecular complexity index is 290. The minimum Gasteiger partial charge on any atom is -0.392 e. The van der Waals surface area contributed by atoms with Gasteiger partial charge in [0.25, 0.3) is 0 Å². The van der Waals surface area contributed by atoms with Gasteiger partial charge in [0.05, 0.1) is 6.61 Å². The molecule has 0 spiro atoms. The Hall–Kier alpha value is -0.300. The lowest BCUT2D eigenvalue weighted by atomic mass is 9.43. The number of rotatable bonds is 3. The summed E-state index contributed by atoms with van der Waals surface area (Å²) in [5, 5.41) is 9.01. The fraction of sp³-hybridized carbons (Fsp3) is 0.867. The molecule has 4 atom stereocenters. The molecule has 1 nitrogen and oxygen atoms in total. The third-order valence-electron chi connectivity index (χ3n) is 5.53. The van der Waals surface area contributed by atoms with E-state index in [9.17, 15) is 0 Å². The van der Waals surface area contributed by atoms with Crippen LogP contribution in [-0.2, 0) is 0 Å². The number of allylic oxidation sites excluding steroid dienone is 1. The Morgan fingerprint density at radius 2 is 2.06 bits per heavy atom. The summed E-state index contributed by atoms with van der Waals surface area (Å²) in [5.41, 5.74) is 1.73. The van der Waals surface area contributed by atoms with E-state index in [-0.39, 0.29) is 6.61 Å². The first-order valence-electron chi connectivity index (χ1n) is 6.73. The largest absolute Gasteiger partial charge is 0.392 e. The third-order valence-corrected chi connectivity index (χ3v) is 5.53. The summed E-state index contributed by atoms with van der Waals surface area (Å²) in [6.07, 6.45) is 6.29. The molecule has 0 saturated heterocycles. The Balaban J connectivity index is 1.96. The van der Waals surface area contributed by atoms with Gasteiger partial charge in [-0.2, -0.15) is 0 Å². The summed E-state index contributed by atoms with van der Waals surface area (Å²) < 4.78 is 0. The zero-order valence-electron chi connectivity index (χ0n) is 11.2. The van der Waals surface area contributed by atoms with E-state index in [4.69, 9.17) is 5.11 Å². The van der Waals surface area contributed by atoms with Gasteiger partial charge < -0.3 is 5.11 Å². The molecular formula is C15H26O. The van der Waals surface area contributed by atoms with Gasteiger partial charge in [-0.1, -0.05) is 32.4 Å². The van der Waals surface area contributed by atoms with Crippen molar-refractivity contribution in [1.29, 1.82) is 0 Å². The van der Waals surface area contributed by atoms with Crippen molar-refractivity contribution in [1.82, 2.24) is 0 Å². The highest BCUT2D eigenvalue weighted by atomic mass is 16.3. The van der Waals surface area contributed by atoms with Crippen LogP contribution in [0.2, 0.25) is 0 Å². The second-order valence-electron chi connectivity index (χ2n) is 6.66. The molecular weight excluding hydrogens is 196 g/mol. The van der Waals surface area contributed by atoms with Gasteiger partial charge in [-0.05, 0) is 55.3 Å². The Morgan fingerprint density at radius 3 is 2.56 bits per heavy atom. The van der Waals surface area contributed by atoms with E-state index in [0.717, 1.165) is 29.2 Å². The smallest absolute Gasteiger partial charge is 0.0639 e. The van der Waals surface area contributed by atoms with Gasteiger partial charge in [-0.15, -0.1) is 0 Å². The number of aliphatic hydroxyl groups excluding tert-OH is 1. The molecule has 3 saturated carbocycles. The summed E-state index contributed by atoms with van der Waals surface area (Å²) in [7, 11) is 0. The van der Waals surface area contributed by atoms with Crippen LogP contribution in [0, 0.1) is 29.1 Å². The molecule has 92 valence electrons. The van der Waals surface area contributed by atoms with Gasteiger partial charge in [0.1, 0.15) is 0 Å². The van der Waals surface area contributed by atoms with Gasteiger partial charge >= 0.3 is 0 Å². The second-order valence-corrected chi connectivity index (χ2v) is 6.66. The fourth-order valence-electron chi connectivity index (χ4n) is 3.99. The molecule has 0 aliphatic heterocycles. The van der Waals surface area contributed by atoms with Crippen molar-refractivity contribution < 1.29 is 5.11 Å². The lowest BCUT2D eigenvalue weighted by Gasteiger charge is -2.62. The van der Waals surface area contributed by atoms with Gasteiger partial charge in [-0.25, -0.2) is 0 Å². The molecule has 3 aliphatic rings. The molecule has 3 rings (SSSR count). The number of hydrogen-bond donors (Lipinski definition) is 1. The normalized spacial score (nSPS) is 41.7. The second kappa shape index (κ2) is 4.18. The van der Waals surface area contributed by atoms with Gasteiger partial charge in [-0.3, -0.25) is 0 Å². The average molecular weight is 222 g/mol. The first kappa shape index (κ1) is 12.2. The van der Waals surface area contributed by atoms with Crippen molar-refractivity contribution in [3.63, 3.8) is 0 Å². The van der Waals surface area contributed by atoms with Crippen molar-refractivity contribution in [3.8, 4) is 0 Å². The molecule has 2 bridgehead atoms. The van der Waals surface area contributed by atoms with Crippen LogP contribution in [-0.4, -0.2) is 11.7 Å². The van der Waals surface area contributed by atoms with Crippen LogP contribution in [0.1, 0.15) is 47.0 Å². The van der Waals surface area contributed by atoms with Crippen LogP contribution >= 0.6 is 0 Å². The molecule has 0 radical (unpaired) electrons. The molecule has 1 N–H and O–H groups in total. The molecule has 0 aromatic heterocycles. The minimum atomic E-state index is 0.222. The number of aliphatic hydroxyl groups is 1. The topological polar surface area (TPSA) is 20.2 Å². The summed E-state index contributed by atoms with van der Waals surface area (Å²) in [6, 6.07) is 0. The van der Waals surface area contributed by atoms with E-state index in [1.54, 1.807) is 0 Å². The van der Waals surface area contributed by atoms with Crippen molar-refractivity contribution in [2.45, 2.75) is 47.0 Å². The number of fused-ring (bicyclic) bond motifs is 2. The molecule has 3 aliphatic carbocycles. The molecule has 3 fully saturated rings. The summed E-state index contributed by atoms with van der Waals surface area (Å²) >= 11 is 0. The van der Waals surface area contributed by atoms with E-state index < -0.39 is 0 Å². The molecule has 0 unspecified atom stereocenters. The highest BCUT2D eigenvalue weighted by Gasteiger charge is 2.55. The van der Waals surface area contributed by atoms with Crippen molar-refractivity contribution in [3.05, 3.63) is 11.6 Å². The zero-order chi connectivity index (χ0) is 11.9. The Labute approximate surface area is 99.9 Å². The monoisotopic (exact) mass is 222 g/mol. The van der Waals surface area contributed by atoms with Crippen molar-refractivity contribution >= 4 is 0 Å². The van der Waals surface area contributed by atoms with Crippen molar-refractivity contribution in [2.24, 2.45) is 29.1 Å². The highest BCUT2D eigenvalue weighted by molar-refractivity contribution is 5.07. The van der Waals surface area contributed by atoms with E-state index in [0.29, 0.717) is 5.41 Å². The van der Waals surface area contributed by atoms with Gasteiger partial charge in [0, 0.05) is 0 Å². The highest BCUT2D eigenvalue weighted by Crippen LogP contribution is 2.63. The van der Waals surface area contributed by atoms with E-state index in [2.05, 4.69) is 26.8 Å². The fourth-order valence-corrected chi connectivity index (χ4v) is 3.99. The standard InChI is InChI=1S/C15H26O/c1-10(9-16)5-6-12-7-13-8-14(11(12)2)15(13,3)4/h5,11-14,16H,6-9H2,1-4H3/b10-5+/t11-,12+,13+,14+/m1/s1. The lowest BCUT2D eigenvalue weighted by Crippen LogP contribution is -2.54. The average Bonchev–Trinajstić information content (AvgIpc) is 2.26. The summed E-state index contributed by atoms with van der Waals surface area (Å²) in [4.78, 5) is 0. The number of hydrogen-bond acceptors (Lipinski definition) is 1. The van der Waals surface area contributed by atoms with Crippen LogP contribution in [0.4, 0.5) is 0 Å². The molecule has 0 aromatic rings. The van der Waals surface area contributed by atoms with E-state index in [1.165, 1.54) is 19.3 Å². The molecule has 16 heavy (non-hydrogen) atoms. The summed E-state index contributed by atoms with van der Waals surface area (Å²) in [5.74, 6) is 3.63. The van der Waals surface area contributed by atoms with E-state index in [1.807, 2.05) is 6.92 Å². The molecule has 0 aromatic carbocycles. The van der Waals surface area contributed by atoms with Crippen LogP contribution < -0.4 is 0 Å². The SMILES string of the molecule is C/C(=C\C[C@H]1C[C@H]2C[C@@H]([C@@H]1C)C2(C)C)CO. The maximum absolute atomic E-state index is 9.01. The van der Waals surface area contributed by atoms with E-state index >= 15 is 0 Å². The lowest BCUT2D eigenvalue weighted by molar-refractivity contribution is -0.127. The predicted octanol–water partition coefficient (Wildman–Crippen LogP) is 3.63. The molecule has 0 amide bonds. The van der Waals surface area contributed by atoms with Crippen LogP contribution in [0.25, 0.3) is 0 Å². The van der Waals surface area contributed by atoms with Crippen LogP contribution in [0.5, 0.6) is 0 Å². The predicted molar refractivity (Wildman–Crippen MR) is 68.1 cm³/mol. The van der Waals surface area contributed by atoms with Gasteiger partial charge in [0.15, 0.2) is 0 Å². The van der Waals surface area contributed by atoms with Crippen LogP contribution in [0.15, 0.2) is 11.6 Å². The maximum atomic E-state index is 9.01.